The van der Waals surface area contributed by atoms with Crippen LogP contribution in [0.1, 0.15) is 12.8 Å². The summed E-state index contributed by atoms with van der Waals surface area (Å²) < 4.78 is 35.2. The summed E-state index contributed by atoms with van der Waals surface area (Å²) in [6.07, 6.45) is 0.713. The molecule has 0 atom stereocenters. The summed E-state index contributed by atoms with van der Waals surface area (Å²) in [6, 6.07) is 0. The molecular formula is C11H22N2O5S. The third-order valence-electron chi connectivity index (χ3n) is 2.80. The lowest BCUT2D eigenvalue weighted by Crippen LogP contribution is -2.42. The molecule has 1 amide bonds. The number of morpholine rings is 1. The minimum absolute atomic E-state index is 0.00727. The number of hydrogen-bond acceptors (Lipinski definition) is 5. The van der Waals surface area contributed by atoms with Gasteiger partial charge in [0, 0.05) is 39.8 Å². The van der Waals surface area contributed by atoms with Crippen molar-refractivity contribution in [3.05, 3.63) is 0 Å². The van der Waals surface area contributed by atoms with Crippen molar-refractivity contribution in [1.29, 1.82) is 0 Å². The molecule has 0 spiro atoms. The number of nitrogens with one attached hydrogen (secondary N) is 1. The standard InChI is InChI=1S/C11H22N2O5S/c1-17-7-2-4-12-11(14)3-10-19(15,16)13-5-8-18-9-6-13/h2-10H2,1H3,(H,12,14). The van der Waals surface area contributed by atoms with E-state index in [1.54, 1.807) is 7.11 Å². The number of sulfonamides is 1. The van der Waals surface area contributed by atoms with Crippen LogP contribution < -0.4 is 5.32 Å². The van der Waals surface area contributed by atoms with Crippen LogP contribution in [0, 0.1) is 0 Å². The molecule has 8 heteroatoms. The van der Waals surface area contributed by atoms with Gasteiger partial charge in [0.15, 0.2) is 0 Å². The van der Waals surface area contributed by atoms with Gasteiger partial charge in [-0.3, -0.25) is 4.79 Å². The molecule has 0 aliphatic carbocycles. The van der Waals surface area contributed by atoms with Gasteiger partial charge >= 0.3 is 0 Å². The molecule has 7 nitrogen and oxygen atoms in total. The van der Waals surface area contributed by atoms with Crippen LogP contribution >= 0.6 is 0 Å². The fourth-order valence-corrected chi connectivity index (χ4v) is 3.12. The second-order valence-corrected chi connectivity index (χ2v) is 6.36. The van der Waals surface area contributed by atoms with Crippen LogP contribution in [0.2, 0.25) is 0 Å². The van der Waals surface area contributed by atoms with Crippen molar-refractivity contribution in [2.24, 2.45) is 0 Å². The average Bonchev–Trinajstić information content (AvgIpc) is 2.42. The van der Waals surface area contributed by atoms with E-state index in [2.05, 4.69) is 5.32 Å². The van der Waals surface area contributed by atoms with E-state index in [-0.39, 0.29) is 18.1 Å². The van der Waals surface area contributed by atoms with Gasteiger partial charge in [0.2, 0.25) is 15.9 Å². The van der Waals surface area contributed by atoms with Gasteiger partial charge < -0.3 is 14.8 Å². The lowest BCUT2D eigenvalue weighted by atomic mass is 10.4. The van der Waals surface area contributed by atoms with E-state index in [0.717, 1.165) is 6.42 Å². The Morgan fingerprint density at radius 1 is 1.37 bits per heavy atom. The van der Waals surface area contributed by atoms with Crippen molar-refractivity contribution in [2.75, 3.05) is 52.3 Å². The SMILES string of the molecule is COCCCNC(=O)CCS(=O)(=O)N1CCOCC1. The molecule has 1 aliphatic heterocycles. The molecule has 0 radical (unpaired) electrons. The number of nitrogens with zero attached hydrogens (tertiary/aromatic N) is 1. The molecule has 1 aliphatic rings. The maximum absolute atomic E-state index is 11.9. The molecule has 19 heavy (non-hydrogen) atoms. The van der Waals surface area contributed by atoms with E-state index in [4.69, 9.17) is 9.47 Å². The highest BCUT2D eigenvalue weighted by atomic mass is 32.2. The van der Waals surface area contributed by atoms with Crippen molar-refractivity contribution in [3.8, 4) is 0 Å². The molecule has 0 aromatic carbocycles. The molecule has 0 saturated carbocycles. The highest BCUT2D eigenvalue weighted by molar-refractivity contribution is 7.89. The van der Waals surface area contributed by atoms with Gasteiger partial charge in [0.1, 0.15) is 0 Å². The topological polar surface area (TPSA) is 84.9 Å². The Balaban J connectivity index is 2.24. The number of carbonyl (C=O) groups excluding carboxylic acids is 1. The Morgan fingerprint density at radius 2 is 2.05 bits per heavy atom. The quantitative estimate of drug-likeness (QED) is 0.592. The molecule has 1 fully saturated rings. The highest BCUT2D eigenvalue weighted by Crippen LogP contribution is 2.06. The number of carbonyl (C=O) groups is 1. The van der Waals surface area contributed by atoms with Gasteiger partial charge in [-0.05, 0) is 6.42 Å². The number of ether oxygens (including phenoxy) is 2. The lowest BCUT2D eigenvalue weighted by molar-refractivity contribution is -0.120. The van der Waals surface area contributed by atoms with E-state index in [1.165, 1.54) is 4.31 Å². The van der Waals surface area contributed by atoms with Crippen molar-refractivity contribution < 1.29 is 22.7 Å². The molecule has 0 bridgehead atoms. The first-order valence-corrected chi connectivity index (χ1v) is 7.98. The normalized spacial score (nSPS) is 17.3. The minimum Gasteiger partial charge on any atom is -0.385 e. The number of methoxy groups -OCH3 is 1. The first kappa shape index (κ1) is 16.4. The predicted molar refractivity (Wildman–Crippen MR) is 70.3 cm³/mol. The Hall–Kier alpha value is -0.700. The van der Waals surface area contributed by atoms with Crippen molar-refractivity contribution in [3.63, 3.8) is 0 Å². The molecule has 1 saturated heterocycles. The van der Waals surface area contributed by atoms with Gasteiger partial charge in [-0.2, -0.15) is 4.31 Å². The minimum atomic E-state index is -3.35. The van der Waals surface area contributed by atoms with Crippen LogP contribution in [0.15, 0.2) is 0 Å². The van der Waals surface area contributed by atoms with Crippen molar-refractivity contribution >= 4 is 15.9 Å². The van der Waals surface area contributed by atoms with Gasteiger partial charge in [0.25, 0.3) is 0 Å². The summed E-state index contributed by atoms with van der Waals surface area (Å²) in [7, 11) is -1.75. The largest absolute Gasteiger partial charge is 0.385 e. The molecule has 1 heterocycles. The average molecular weight is 294 g/mol. The molecule has 1 rings (SSSR count). The van der Waals surface area contributed by atoms with E-state index in [9.17, 15) is 13.2 Å². The van der Waals surface area contributed by atoms with Gasteiger partial charge in [-0.25, -0.2) is 8.42 Å². The third-order valence-corrected chi connectivity index (χ3v) is 4.67. The Bertz CT molecular complexity index is 365. The molecular weight excluding hydrogens is 272 g/mol. The first-order chi connectivity index (χ1) is 9.06. The summed E-state index contributed by atoms with van der Waals surface area (Å²) in [5, 5.41) is 2.67. The van der Waals surface area contributed by atoms with Crippen LogP contribution in [0.25, 0.3) is 0 Å². The predicted octanol–water partition coefficient (Wildman–Crippen LogP) is -0.809. The second-order valence-electron chi connectivity index (χ2n) is 4.27. The fourth-order valence-electron chi connectivity index (χ4n) is 1.71. The third kappa shape index (κ3) is 6.33. The zero-order chi connectivity index (χ0) is 14.1. The lowest BCUT2D eigenvalue weighted by Gasteiger charge is -2.25. The van der Waals surface area contributed by atoms with Gasteiger partial charge in [-0.15, -0.1) is 0 Å². The smallest absolute Gasteiger partial charge is 0.221 e. The fraction of sp³-hybridized carbons (Fsp3) is 0.909. The summed E-state index contributed by atoms with van der Waals surface area (Å²) in [5.41, 5.74) is 0. The van der Waals surface area contributed by atoms with E-state index in [0.29, 0.717) is 39.5 Å². The van der Waals surface area contributed by atoms with E-state index in [1.807, 2.05) is 0 Å². The molecule has 0 unspecified atom stereocenters. The van der Waals surface area contributed by atoms with Crippen molar-refractivity contribution in [2.45, 2.75) is 12.8 Å². The summed E-state index contributed by atoms with van der Waals surface area (Å²) in [5.74, 6) is -0.392. The van der Waals surface area contributed by atoms with Crippen LogP contribution in [-0.4, -0.2) is 70.9 Å². The molecule has 1 N–H and O–H groups in total. The van der Waals surface area contributed by atoms with Crippen LogP contribution in [-0.2, 0) is 24.3 Å². The Labute approximate surface area is 114 Å². The van der Waals surface area contributed by atoms with E-state index >= 15 is 0 Å². The van der Waals surface area contributed by atoms with Crippen LogP contribution in [0.4, 0.5) is 0 Å². The van der Waals surface area contributed by atoms with Crippen molar-refractivity contribution in [1.82, 2.24) is 9.62 Å². The van der Waals surface area contributed by atoms with Crippen LogP contribution in [0.3, 0.4) is 0 Å². The summed E-state index contributed by atoms with van der Waals surface area (Å²) in [4.78, 5) is 11.5. The number of amides is 1. The number of hydrogen-bond donors (Lipinski definition) is 1. The monoisotopic (exact) mass is 294 g/mol. The number of rotatable bonds is 8. The molecule has 0 aromatic heterocycles. The van der Waals surface area contributed by atoms with Crippen LogP contribution in [0.5, 0.6) is 0 Å². The second kappa shape index (κ2) is 8.47. The highest BCUT2D eigenvalue weighted by Gasteiger charge is 2.24. The molecule has 112 valence electrons. The zero-order valence-corrected chi connectivity index (χ0v) is 12.1. The maximum atomic E-state index is 11.9. The molecule has 0 aromatic rings. The maximum Gasteiger partial charge on any atom is 0.221 e. The Morgan fingerprint density at radius 3 is 2.68 bits per heavy atom. The summed E-state index contributed by atoms with van der Waals surface area (Å²) >= 11 is 0. The van der Waals surface area contributed by atoms with Gasteiger partial charge in [-0.1, -0.05) is 0 Å². The van der Waals surface area contributed by atoms with E-state index < -0.39 is 10.0 Å². The first-order valence-electron chi connectivity index (χ1n) is 6.37. The Kier molecular flexibility index (Phi) is 7.29. The van der Waals surface area contributed by atoms with Gasteiger partial charge in [0.05, 0.1) is 19.0 Å². The summed E-state index contributed by atoms with van der Waals surface area (Å²) in [6.45, 7) is 2.66. The zero-order valence-electron chi connectivity index (χ0n) is 11.3.